The highest BCUT2D eigenvalue weighted by Gasteiger charge is 2.39. The van der Waals surface area contributed by atoms with Crippen molar-refractivity contribution in [3.63, 3.8) is 0 Å². The Hall–Kier alpha value is -3.42. The summed E-state index contributed by atoms with van der Waals surface area (Å²) in [6.45, 7) is 9.53. The van der Waals surface area contributed by atoms with Gasteiger partial charge in [-0.3, -0.25) is 0 Å². The van der Waals surface area contributed by atoms with Crippen molar-refractivity contribution >= 4 is 23.9 Å². The molecule has 1 aliphatic heterocycles. The highest BCUT2D eigenvalue weighted by Crippen LogP contribution is 2.22. The highest BCUT2D eigenvalue weighted by atomic mass is 16.8. The van der Waals surface area contributed by atoms with Gasteiger partial charge in [-0.05, 0) is 26.0 Å². The topological polar surface area (TPSA) is 105 Å². The first-order valence-electron chi connectivity index (χ1n) is 7.44. The van der Waals surface area contributed by atoms with Gasteiger partial charge < -0.3 is 18.9 Å². The molecule has 1 aliphatic rings. The molecule has 2 unspecified atom stereocenters. The van der Waals surface area contributed by atoms with Crippen molar-refractivity contribution in [1.29, 1.82) is 0 Å². The van der Waals surface area contributed by atoms with Gasteiger partial charge in [0.05, 0.1) is 11.1 Å². The Kier molecular flexibility index (Phi) is 5.56. The third-order valence-electron chi connectivity index (χ3n) is 3.18. The van der Waals surface area contributed by atoms with Gasteiger partial charge in [0.2, 0.25) is 0 Å². The molecule has 136 valence electrons. The number of esters is 4. The predicted octanol–water partition coefficient (Wildman–Crippen LogP) is 1.90. The van der Waals surface area contributed by atoms with Crippen molar-refractivity contribution in [2.24, 2.45) is 0 Å². The van der Waals surface area contributed by atoms with Crippen LogP contribution in [0.15, 0.2) is 48.6 Å². The molecule has 8 nitrogen and oxygen atoms in total. The predicted molar refractivity (Wildman–Crippen MR) is 86.7 cm³/mol. The molecule has 0 aliphatic carbocycles. The molecule has 0 radical (unpaired) electrons. The fourth-order valence-corrected chi connectivity index (χ4v) is 1.86. The average Bonchev–Trinajstić information content (AvgIpc) is 2.59. The van der Waals surface area contributed by atoms with Crippen LogP contribution in [0, 0.1) is 0 Å². The Balaban J connectivity index is 2.41. The van der Waals surface area contributed by atoms with Crippen LogP contribution in [0.5, 0.6) is 0 Å². The summed E-state index contributed by atoms with van der Waals surface area (Å²) in [6, 6.07) is 5.72. The first-order valence-corrected chi connectivity index (χ1v) is 7.44. The minimum Gasteiger partial charge on any atom is -0.414 e. The maximum Gasteiger partial charge on any atom is 0.342 e. The van der Waals surface area contributed by atoms with Crippen LogP contribution in [-0.4, -0.2) is 36.5 Å². The number of hydrogen-bond acceptors (Lipinski definition) is 8. The summed E-state index contributed by atoms with van der Waals surface area (Å²) in [4.78, 5) is 48.3. The molecule has 0 bridgehead atoms. The van der Waals surface area contributed by atoms with Crippen LogP contribution in [0.4, 0.5) is 0 Å². The van der Waals surface area contributed by atoms with Crippen molar-refractivity contribution in [3.05, 3.63) is 59.7 Å². The molecular weight excluding hydrogens is 344 g/mol. The Morgan fingerprint density at radius 2 is 1.19 bits per heavy atom. The van der Waals surface area contributed by atoms with E-state index in [-0.39, 0.29) is 22.3 Å². The van der Waals surface area contributed by atoms with Crippen LogP contribution in [0.25, 0.3) is 0 Å². The molecule has 0 amide bonds. The minimum atomic E-state index is -1.81. The van der Waals surface area contributed by atoms with Gasteiger partial charge in [-0.25, -0.2) is 19.2 Å². The zero-order chi connectivity index (χ0) is 19.4. The molecule has 1 heterocycles. The molecule has 0 spiro atoms. The van der Waals surface area contributed by atoms with E-state index >= 15 is 0 Å². The van der Waals surface area contributed by atoms with Crippen LogP contribution in [0.3, 0.4) is 0 Å². The SMILES string of the molecule is C=C(C)C(=O)OC1OC(=O)c2ccccc2C(=O)OC1OC(=O)C(=C)C. The van der Waals surface area contributed by atoms with Gasteiger partial charge in [-0.15, -0.1) is 0 Å². The number of benzene rings is 1. The van der Waals surface area contributed by atoms with E-state index < -0.39 is 36.5 Å². The fraction of sp³-hybridized carbons (Fsp3) is 0.222. The van der Waals surface area contributed by atoms with Crippen molar-refractivity contribution < 1.29 is 38.1 Å². The molecule has 0 aromatic heterocycles. The molecule has 2 rings (SSSR count). The summed E-state index contributed by atoms with van der Waals surface area (Å²) in [7, 11) is 0. The van der Waals surface area contributed by atoms with E-state index in [9.17, 15) is 19.2 Å². The quantitative estimate of drug-likeness (QED) is 0.592. The number of ether oxygens (including phenoxy) is 4. The maximum absolute atomic E-state index is 12.3. The zero-order valence-electron chi connectivity index (χ0n) is 14.1. The number of carbonyl (C=O) groups excluding carboxylic acids is 4. The largest absolute Gasteiger partial charge is 0.414 e. The molecule has 0 N–H and O–H groups in total. The molecule has 0 fully saturated rings. The summed E-state index contributed by atoms with van der Waals surface area (Å²) in [5.74, 6) is -3.76. The van der Waals surface area contributed by atoms with Crippen LogP contribution in [0.2, 0.25) is 0 Å². The smallest absolute Gasteiger partial charge is 0.342 e. The fourth-order valence-electron chi connectivity index (χ4n) is 1.86. The number of hydrogen-bond donors (Lipinski definition) is 0. The first kappa shape index (κ1) is 18.9. The van der Waals surface area contributed by atoms with Crippen molar-refractivity contribution in [1.82, 2.24) is 0 Å². The first-order chi connectivity index (χ1) is 12.2. The number of cyclic esters (lactones) is 2. The van der Waals surface area contributed by atoms with Gasteiger partial charge in [-0.2, -0.15) is 0 Å². The second-order valence-electron chi connectivity index (χ2n) is 5.46. The second kappa shape index (κ2) is 7.64. The van der Waals surface area contributed by atoms with Crippen LogP contribution >= 0.6 is 0 Å². The Bertz CT molecular complexity index is 740. The molecule has 2 atom stereocenters. The van der Waals surface area contributed by atoms with Gasteiger partial charge in [0.15, 0.2) is 0 Å². The van der Waals surface area contributed by atoms with Gasteiger partial charge in [-0.1, -0.05) is 25.3 Å². The summed E-state index contributed by atoms with van der Waals surface area (Å²) in [5.41, 5.74) is -0.170. The van der Waals surface area contributed by atoms with E-state index in [4.69, 9.17) is 18.9 Å². The van der Waals surface area contributed by atoms with Crippen LogP contribution in [-0.2, 0) is 28.5 Å². The van der Waals surface area contributed by atoms with E-state index in [1.54, 1.807) is 0 Å². The molecule has 26 heavy (non-hydrogen) atoms. The van der Waals surface area contributed by atoms with Gasteiger partial charge >= 0.3 is 36.5 Å². The number of carbonyl (C=O) groups is 4. The minimum absolute atomic E-state index is 0.000173. The zero-order valence-corrected chi connectivity index (χ0v) is 14.1. The second-order valence-corrected chi connectivity index (χ2v) is 5.46. The molecule has 1 aromatic carbocycles. The van der Waals surface area contributed by atoms with Crippen LogP contribution in [0.1, 0.15) is 34.6 Å². The lowest BCUT2D eigenvalue weighted by Crippen LogP contribution is -2.43. The summed E-state index contributed by atoms with van der Waals surface area (Å²) in [5, 5.41) is 0. The lowest BCUT2D eigenvalue weighted by molar-refractivity contribution is -0.239. The molecule has 0 saturated heterocycles. The van der Waals surface area contributed by atoms with E-state index in [1.165, 1.54) is 38.1 Å². The molecular formula is C18H16O8. The van der Waals surface area contributed by atoms with Crippen molar-refractivity contribution in [2.75, 3.05) is 0 Å². The maximum atomic E-state index is 12.3. The molecule has 0 saturated carbocycles. The number of rotatable bonds is 4. The monoisotopic (exact) mass is 360 g/mol. The Labute approximate surface area is 149 Å². The van der Waals surface area contributed by atoms with Crippen molar-refractivity contribution in [2.45, 2.75) is 26.4 Å². The Morgan fingerprint density at radius 3 is 1.50 bits per heavy atom. The lowest BCUT2D eigenvalue weighted by Gasteiger charge is -2.28. The third kappa shape index (κ3) is 4.15. The third-order valence-corrected chi connectivity index (χ3v) is 3.18. The highest BCUT2D eigenvalue weighted by molar-refractivity contribution is 6.03. The molecule has 8 heteroatoms. The standard InChI is InChI=1S/C18H16O8/c1-9(2)13(19)23-17-18(24-14(20)10(3)4)26-16(22)12-8-6-5-7-11(12)15(21)25-17/h5-8,17-18H,1,3H2,2,4H3. The van der Waals surface area contributed by atoms with E-state index in [2.05, 4.69) is 13.2 Å². The van der Waals surface area contributed by atoms with Crippen LogP contribution < -0.4 is 0 Å². The number of fused-ring (bicyclic) bond motifs is 1. The average molecular weight is 360 g/mol. The van der Waals surface area contributed by atoms with E-state index in [1.807, 2.05) is 0 Å². The van der Waals surface area contributed by atoms with Gasteiger partial charge in [0.1, 0.15) is 0 Å². The molecule has 1 aromatic rings. The lowest BCUT2D eigenvalue weighted by atomic mass is 10.1. The van der Waals surface area contributed by atoms with E-state index in [0.29, 0.717) is 0 Å². The van der Waals surface area contributed by atoms with Gasteiger partial charge in [0.25, 0.3) is 0 Å². The summed E-state index contributed by atoms with van der Waals surface area (Å²) >= 11 is 0. The summed E-state index contributed by atoms with van der Waals surface area (Å²) < 4.78 is 20.0. The van der Waals surface area contributed by atoms with Crippen molar-refractivity contribution in [3.8, 4) is 0 Å². The van der Waals surface area contributed by atoms with E-state index in [0.717, 1.165) is 0 Å². The normalized spacial score (nSPS) is 19.0. The Morgan fingerprint density at radius 1 is 0.846 bits per heavy atom. The van der Waals surface area contributed by atoms with Gasteiger partial charge in [0, 0.05) is 11.1 Å². The summed E-state index contributed by atoms with van der Waals surface area (Å²) in [6.07, 6.45) is -3.63.